The van der Waals surface area contributed by atoms with Crippen LogP contribution in [0.15, 0.2) is 5.38 Å². The molecule has 0 atom stereocenters. The zero-order valence-electron chi connectivity index (χ0n) is 8.32. The average molecular weight is 224 g/mol. The van der Waals surface area contributed by atoms with Crippen LogP contribution in [-0.4, -0.2) is 26.7 Å². The van der Waals surface area contributed by atoms with Crippen molar-refractivity contribution in [1.29, 1.82) is 0 Å². The van der Waals surface area contributed by atoms with E-state index in [-0.39, 0.29) is 0 Å². The number of nitrogens with two attached hydrogens (primary N) is 1. The zero-order chi connectivity index (χ0) is 10.7. The van der Waals surface area contributed by atoms with Gasteiger partial charge in [-0.1, -0.05) is 0 Å². The summed E-state index contributed by atoms with van der Waals surface area (Å²) in [5.74, 6) is 0.849. The fourth-order valence-corrected chi connectivity index (χ4v) is 1.83. The van der Waals surface area contributed by atoms with Crippen molar-refractivity contribution in [1.82, 2.24) is 20.2 Å². The van der Waals surface area contributed by atoms with E-state index >= 15 is 0 Å². The molecular formula is C8H12N6S. The molecule has 0 aliphatic carbocycles. The van der Waals surface area contributed by atoms with Crippen molar-refractivity contribution in [3.05, 3.63) is 16.1 Å². The number of nitrogens with zero attached hydrogens (tertiary/aromatic N) is 3. The molecule has 0 saturated heterocycles. The lowest BCUT2D eigenvalue weighted by molar-refractivity contribution is 0.948. The number of thiazole rings is 1. The number of nitrogens with one attached hydrogen (secondary N) is 2. The molecule has 2 heterocycles. The highest BCUT2D eigenvalue weighted by atomic mass is 32.1. The molecule has 0 radical (unpaired) electrons. The van der Waals surface area contributed by atoms with Gasteiger partial charge in [0, 0.05) is 18.3 Å². The fraction of sp³-hybridized carbons (Fsp3) is 0.375. The predicted molar refractivity (Wildman–Crippen MR) is 59.8 cm³/mol. The molecular weight excluding hydrogens is 212 g/mol. The molecule has 0 fully saturated rings. The Balaban J connectivity index is 1.80. The topological polar surface area (TPSA) is 92.5 Å². The number of nitrogen functional groups attached to an aromatic ring is 1. The first-order valence-corrected chi connectivity index (χ1v) is 5.45. The summed E-state index contributed by atoms with van der Waals surface area (Å²) in [7, 11) is 0. The first-order chi connectivity index (χ1) is 7.24. The number of H-pyrrole nitrogens is 1. The predicted octanol–water partition coefficient (Wildman–Crippen LogP) is 0.806. The Bertz CT molecular complexity index is 394. The van der Waals surface area contributed by atoms with Crippen molar-refractivity contribution in [3.8, 4) is 0 Å². The summed E-state index contributed by atoms with van der Waals surface area (Å²) in [6, 6.07) is 0. The summed E-state index contributed by atoms with van der Waals surface area (Å²) in [6.45, 7) is 2.75. The minimum absolute atomic E-state index is 0.321. The normalized spacial score (nSPS) is 10.5. The fourth-order valence-electron chi connectivity index (χ4n) is 1.18. The van der Waals surface area contributed by atoms with Crippen molar-refractivity contribution >= 4 is 23.2 Å². The number of aromatic nitrogens is 4. The minimum atomic E-state index is 0.321. The minimum Gasteiger partial charge on any atom is -0.368 e. The summed E-state index contributed by atoms with van der Waals surface area (Å²) in [5, 5.41) is 12.6. The number of rotatable bonds is 4. The maximum atomic E-state index is 5.38. The van der Waals surface area contributed by atoms with Crippen LogP contribution in [0.2, 0.25) is 0 Å². The van der Waals surface area contributed by atoms with Gasteiger partial charge in [0.1, 0.15) is 0 Å². The van der Waals surface area contributed by atoms with Crippen molar-refractivity contribution in [3.63, 3.8) is 0 Å². The number of hydrogen-bond acceptors (Lipinski definition) is 6. The standard InChI is InChI=1S/C8H12N6S/c1-5-11-6(4-15-5)2-3-10-8-12-7(9)13-14-8/h4H,2-3H2,1H3,(H4,9,10,12,13,14). The van der Waals surface area contributed by atoms with Crippen LogP contribution in [0, 0.1) is 6.92 Å². The molecule has 0 spiro atoms. The van der Waals surface area contributed by atoms with Crippen LogP contribution in [0.5, 0.6) is 0 Å². The molecule has 0 aliphatic heterocycles. The largest absolute Gasteiger partial charge is 0.368 e. The van der Waals surface area contributed by atoms with Crippen molar-refractivity contribution in [2.45, 2.75) is 13.3 Å². The molecule has 2 aromatic rings. The highest BCUT2D eigenvalue weighted by molar-refractivity contribution is 7.09. The van der Waals surface area contributed by atoms with E-state index in [1.807, 2.05) is 6.92 Å². The Hall–Kier alpha value is -1.63. The Labute approximate surface area is 90.9 Å². The molecule has 4 N–H and O–H groups in total. The Morgan fingerprint density at radius 1 is 1.53 bits per heavy atom. The lowest BCUT2D eigenvalue weighted by Gasteiger charge is -1.98. The molecule has 0 aromatic carbocycles. The number of anilines is 2. The number of aromatic amines is 1. The van der Waals surface area contributed by atoms with Gasteiger partial charge in [-0.2, -0.15) is 4.98 Å². The highest BCUT2D eigenvalue weighted by Gasteiger charge is 2.00. The van der Waals surface area contributed by atoms with Crippen molar-refractivity contribution < 1.29 is 0 Å². The zero-order valence-corrected chi connectivity index (χ0v) is 9.14. The van der Waals surface area contributed by atoms with E-state index in [1.54, 1.807) is 11.3 Å². The third-order valence-corrected chi connectivity index (χ3v) is 2.66. The molecule has 0 saturated carbocycles. The molecule has 0 unspecified atom stereocenters. The Morgan fingerprint density at radius 3 is 3.00 bits per heavy atom. The summed E-state index contributed by atoms with van der Waals surface area (Å²) in [6.07, 6.45) is 0.860. The number of aryl methyl sites for hydroxylation is 1. The van der Waals surface area contributed by atoms with Gasteiger partial charge in [-0.25, -0.2) is 10.1 Å². The smallest absolute Gasteiger partial charge is 0.243 e. The van der Waals surface area contributed by atoms with E-state index in [0.29, 0.717) is 11.9 Å². The van der Waals surface area contributed by atoms with Gasteiger partial charge in [-0.15, -0.1) is 16.4 Å². The average Bonchev–Trinajstić information content (AvgIpc) is 2.76. The van der Waals surface area contributed by atoms with E-state index in [9.17, 15) is 0 Å². The van der Waals surface area contributed by atoms with Gasteiger partial charge in [0.05, 0.1) is 10.7 Å². The third-order valence-electron chi connectivity index (χ3n) is 1.83. The van der Waals surface area contributed by atoms with Gasteiger partial charge in [-0.3, -0.25) is 0 Å². The van der Waals surface area contributed by atoms with E-state index in [1.165, 1.54) is 0 Å². The first kappa shape index (κ1) is 9.91. The van der Waals surface area contributed by atoms with E-state index in [4.69, 9.17) is 5.73 Å². The third kappa shape index (κ3) is 2.66. The summed E-state index contributed by atoms with van der Waals surface area (Å²) in [5.41, 5.74) is 6.48. The maximum Gasteiger partial charge on any atom is 0.243 e. The monoisotopic (exact) mass is 224 g/mol. The summed E-state index contributed by atoms with van der Waals surface area (Å²) in [4.78, 5) is 8.28. The lowest BCUT2D eigenvalue weighted by Crippen LogP contribution is -2.06. The Morgan fingerprint density at radius 2 is 2.40 bits per heavy atom. The molecule has 15 heavy (non-hydrogen) atoms. The van der Waals surface area contributed by atoms with Gasteiger partial charge in [0.2, 0.25) is 11.9 Å². The van der Waals surface area contributed by atoms with Crippen LogP contribution in [0.1, 0.15) is 10.7 Å². The second-order valence-corrected chi connectivity index (χ2v) is 4.14. The maximum absolute atomic E-state index is 5.38. The molecule has 0 aliphatic rings. The molecule has 2 rings (SSSR count). The van der Waals surface area contributed by atoms with Crippen LogP contribution in [0.4, 0.5) is 11.9 Å². The van der Waals surface area contributed by atoms with Gasteiger partial charge >= 0.3 is 0 Å². The molecule has 2 aromatic heterocycles. The number of hydrogen-bond donors (Lipinski definition) is 3. The van der Waals surface area contributed by atoms with Crippen LogP contribution in [0.3, 0.4) is 0 Å². The summed E-state index contributed by atoms with van der Waals surface area (Å²) >= 11 is 1.66. The van der Waals surface area contributed by atoms with E-state index < -0.39 is 0 Å². The highest BCUT2D eigenvalue weighted by Crippen LogP contribution is 2.08. The van der Waals surface area contributed by atoms with Gasteiger partial charge in [-0.05, 0) is 6.92 Å². The molecule has 6 nitrogen and oxygen atoms in total. The van der Waals surface area contributed by atoms with Crippen LogP contribution < -0.4 is 11.1 Å². The van der Waals surface area contributed by atoms with Crippen molar-refractivity contribution in [2.75, 3.05) is 17.6 Å². The SMILES string of the molecule is Cc1nc(CCNc2n[nH]c(N)n2)cs1. The van der Waals surface area contributed by atoms with Crippen LogP contribution in [-0.2, 0) is 6.42 Å². The van der Waals surface area contributed by atoms with E-state index in [0.717, 1.165) is 23.7 Å². The second-order valence-electron chi connectivity index (χ2n) is 3.08. The second kappa shape index (κ2) is 4.26. The Kier molecular flexibility index (Phi) is 2.82. The van der Waals surface area contributed by atoms with Crippen LogP contribution in [0.25, 0.3) is 0 Å². The quantitative estimate of drug-likeness (QED) is 0.714. The van der Waals surface area contributed by atoms with Crippen molar-refractivity contribution in [2.24, 2.45) is 0 Å². The van der Waals surface area contributed by atoms with Gasteiger partial charge < -0.3 is 11.1 Å². The first-order valence-electron chi connectivity index (χ1n) is 4.57. The molecule has 7 heteroatoms. The molecule has 0 bridgehead atoms. The molecule has 0 amide bonds. The van der Waals surface area contributed by atoms with E-state index in [2.05, 4.69) is 30.9 Å². The van der Waals surface area contributed by atoms with Gasteiger partial charge in [0.25, 0.3) is 0 Å². The van der Waals surface area contributed by atoms with Crippen LogP contribution >= 0.6 is 11.3 Å². The summed E-state index contributed by atoms with van der Waals surface area (Å²) < 4.78 is 0. The lowest BCUT2D eigenvalue weighted by atomic mass is 10.3. The van der Waals surface area contributed by atoms with Gasteiger partial charge in [0.15, 0.2) is 0 Å². The molecule has 80 valence electrons.